The van der Waals surface area contributed by atoms with Crippen LogP contribution in [0.4, 0.5) is 0 Å². The van der Waals surface area contributed by atoms with Crippen molar-refractivity contribution >= 4 is 27.5 Å². The Morgan fingerprint density at radius 3 is 2.85 bits per heavy atom. The summed E-state index contributed by atoms with van der Waals surface area (Å²) in [6.07, 6.45) is 5.26. The van der Waals surface area contributed by atoms with Gasteiger partial charge in [-0.25, -0.2) is 0 Å². The number of thiophene rings is 1. The molecule has 1 saturated carbocycles. The minimum Gasteiger partial charge on any atom is -0.505 e. The van der Waals surface area contributed by atoms with Crippen molar-refractivity contribution in [2.45, 2.75) is 38.1 Å². The first-order valence-electron chi connectivity index (χ1n) is 6.80. The Morgan fingerprint density at radius 1 is 1.35 bits per heavy atom. The number of aromatic hydroxyl groups is 1. The van der Waals surface area contributed by atoms with Crippen LogP contribution in [0.3, 0.4) is 0 Å². The molecule has 1 fully saturated rings. The van der Waals surface area contributed by atoms with E-state index >= 15 is 0 Å². The highest BCUT2D eigenvalue weighted by atomic mass is 32.1. The van der Waals surface area contributed by atoms with Gasteiger partial charge in [0, 0.05) is 6.04 Å². The van der Waals surface area contributed by atoms with Crippen molar-refractivity contribution in [3.05, 3.63) is 27.4 Å². The molecule has 0 unspecified atom stereocenters. The van der Waals surface area contributed by atoms with E-state index in [9.17, 15) is 14.7 Å². The van der Waals surface area contributed by atoms with Crippen molar-refractivity contribution in [1.82, 2.24) is 10.3 Å². The first-order chi connectivity index (χ1) is 9.66. The summed E-state index contributed by atoms with van der Waals surface area (Å²) in [4.78, 5) is 26.8. The van der Waals surface area contributed by atoms with E-state index in [1.807, 2.05) is 0 Å². The highest BCUT2D eigenvalue weighted by Crippen LogP contribution is 2.29. The second-order valence-corrected chi connectivity index (χ2v) is 6.07. The summed E-state index contributed by atoms with van der Waals surface area (Å²) in [6, 6.07) is 1.82. The molecule has 0 bridgehead atoms. The Hall–Kier alpha value is -1.82. The van der Waals surface area contributed by atoms with E-state index in [0.717, 1.165) is 25.7 Å². The molecule has 0 aliphatic heterocycles. The van der Waals surface area contributed by atoms with Crippen LogP contribution in [0.2, 0.25) is 0 Å². The van der Waals surface area contributed by atoms with E-state index in [0.29, 0.717) is 10.2 Å². The summed E-state index contributed by atoms with van der Waals surface area (Å²) in [6.45, 7) is 0. The minimum atomic E-state index is -0.540. The molecule has 20 heavy (non-hydrogen) atoms. The van der Waals surface area contributed by atoms with Gasteiger partial charge in [0.05, 0.1) is 10.2 Å². The van der Waals surface area contributed by atoms with Gasteiger partial charge in [0.2, 0.25) is 0 Å². The molecule has 106 valence electrons. The Morgan fingerprint density at radius 2 is 2.10 bits per heavy atom. The van der Waals surface area contributed by atoms with Gasteiger partial charge < -0.3 is 15.4 Å². The number of pyridine rings is 1. The Kier molecular flexibility index (Phi) is 3.48. The maximum absolute atomic E-state index is 12.2. The second kappa shape index (κ2) is 5.28. The standard InChI is InChI=1S/C14H16N2O3S/c17-11-10(13(18)15-8-4-2-1-3-5-8)14(19)16-9-6-7-20-12(9)11/h6-8H,1-5H2,(H,15,18)(H2,16,17,19). The monoisotopic (exact) mass is 292 g/mol. The molecule has 0 atom stereocenters. The zero-order valence-electron chi connectivity index (χ0n) is 10.9. The van der Waals surface area contributed by atoms with Crippen molar-refractivity contribution in [2.75, 3.05) is 0 Å². The van der Waals surface area contributed by atoms with E-state index in [2.05, 4.69) is 10.3 Å². The second-order valence-electron chi connectivity index (χ2n) is 5.15. The molecule has 1 aliphatic carbocycles. The Labute approximate surface area is 119 Å². The lowest BCUT2D eigenvalue weighted by Crippen LogP contribution is -2.38. The predicted molar refractivity (Wildman–Crippen MR) is 78.4 cm³/mol. The number of aromatic amines is 1. The molecule has 3 rings (SSSR count). The number of rotatable bonds is 2. The average Bonchev–Trinajstić information content (AvgIpc) is 2.88. The van der Waals surface area contributed by atoms with Gasteiger partial charge in [-0.2, -0.15) is 0 Å². The molecule has 3 N–H and O–H groups in total. The number of amides is 1. The van der Waals surface area contributed by atoms with Crippen LogP contribution in [-0.2, 0) is 0 Å². The van der Waals surface area contributed by atoms with E-state index in [1.54, 1.807) is 11.4 Å². The van der Waals surface area contributed by atoms with E-state index in [-0.39, 0.29) is 17.4 Å². The largest absolute Gasteiger partial charge is 0.505 e. The van der Waals surface area contributed by atoms with E-state index in [4.69, 9.17) is 0 Å². The lowest BCUT2D eigenvalue weighted by Gasteiger charge is -2.22. The molecule has 1 aliphatic rings. The number of H-pyrrole nitrogens is 1. The third kappa shape index (κ3) is 2.31. The molecule has 0 aromatic carbocycles. The van der Waals surface area contributed by atoms with E-state index < -0.39 is 11.5 Å². The summed E-state index contributed by atoms with van der Waals surface area (Å²) < 4.78 is 0.540. The molecular weight excluding hydrogens is 276 g/mol. The zero-order valence-corrected chi connectivity index (χ0v) is 11.8. The number of aromatic nitrogens is 1. The third-order valence-electron chi connectivity index (χ3n) is 3.76. The first-order valence-corrected chi connectivity index (χ1v) is 7.68. The highest BCUT2D eigenvalue weighted by Gasteiger charge is 2.23. The number of nitrogens with one attached hydrogen (secondary N) is 2. The van der Waals surface area contributed by atoms with Gasteiger partial charge in [-0.1, -0.05) is 19.3 Å². The molecule has 2 heterocycles. The fraction of sp³-hybridized carbons (Fsp3) is 0.429. The number of fused-ring (bicyclic) bond motifs is 1. The van der Waals surface area contributed by atoms with Crippen molar-refractivity contribution in [3.8, 4) is 5.75 Å². The topological polar surface area (TPSA) is 82.2 Å². The summed E-state index contributed by atoms with van der Waals surface area (Å²) in [5, 5.41) is 14.8. The highest BCUT2D eigenvalue weighted by molar-refractivity contribution is 7.17. The third-order valence-corrected chi connectivity index (χ3v) is 4.68. The van der Waals surface area contributed by atoms with Gasteiger partial charge in [0.15, 0.2) is 5.75 Å². The summed E-state index contributed by atoms with van der Waals surface area (Å²) >= 11 is 1.30. The van der Waals surface area contributed by atoms with Gasteiger partial charge in [-0.15, -0.1) is 11.3 Å². The van der Waals surface area contributed by atoms with Crippen LogP contribution >= 0.6 is 11.3 Å². The number of carbonyl (C=O) groups is 1. The molecule has 0 saturated heterocycles. The smallest absolute Gasteiger partial charge is 0.265 e. The zero-order chi connectivity index (χ0) is 14.1. The number of hydrogen-bond acceptors (Lipinski definition) is 4. The quantitative estimate of drug-likeness (QED) is 0.794. The predicted octanol–water partition coefficient (Wildman–Crippen LogP) is 2.36. The molecule has 0 radical (unpaired) electrons. The average molecular weight is 292 g/mol. The van der Waals surface area contributed by atoms with Crippen LogP contribution in [0, 0.1) is 0 Å². The fourth-order valence-corrected chi connectivity index (χ4v) is 3.51. The molecule has 2 aromatic rings. The van der Waals surface area contributed by atoms with E-state index in [1.165, 1.54) is 17.8 Å². The van der Waals surface area contributed by atoms with Crippen molar-refractivity contribution in [3.63, 3.8) is 0 Å². The normalized spacial score (nSPS) is 16.4. The van der Waals surface area contributed by atoms with Crippen molar-refractivity contribution in [1.29, 1.82) is 0 Å². The SMILES string of the molecule is O=C(NC1CCCCC1)c1c(O)c2sccc2[nH]c1=O. The summed E-state index contributed by atoms with van der Waals surface area (Å²) in [5.41, 5.74) is -0.154. The molecule has 5 nitrogen and oxygen atoms in total. The van der Waals surface area contributed by atoms with Gasteiger partial charge in [0.25, 0.3) is 11.5 Å². The molecule has 2 aromatic heterocycles. The van der Waals surface area contributed by atoms with Crippen LogP contribution in [0.5, 0.6) is 5.75 Å². The minimum absolute atomic E-state index is 0.106. The molecular formula is C14H16N2O3S. The van der Waals surface area contributed by atoms with Gasteiger partial charge in [-0.05, 0) is 24.3 Å². The number of hydrogen-bond donors (Lipinski definition) is 3. The number of carbonyl (C=O) groups excluding carboxylic acids is 1. The van der Waals surface area contributed by atoms with Crippen LogP contribution in [0.25, 0.3) is 10.2 Å². The van der Waals surface area contributed by atoms with Gasteiger partial charge in [-0.3, -0.25) is 9.59 Å². The molecule has 0 spiro atoms. The Balaban J connectivity index is 1.92. The van der Waals surface area contributed by atoms with Crippen molar-refractivity contribution < 1.29 is 9.90 Å². The molecule has 6 heteroatoms. The lowest BCUT2D eigenvalue weighted by atomic mass is 9.95. The summed E-state index contributed by atoms with van der Waals surface area (Å²) in [7, 11) is 0. The van der Waals surface area contributed by atoms with Gasteiger partial charge >= 0.3 is 0 Å². The van der Waals surface area contributed by atoms with Crippen LogP contribution in [0.15, 0.2) is 16.2 Å². The van der Waals surface area contributed by atoms with Crippen LogP contribution in [0.1, 0.15) is 42.5 Å². The van der Waals surface area contributed by atoms with Crippen molar-refractivity contribution in [2.24, 2.45) is 0 Å². The van der Waals surface area contributed by atoms with Crippen LogP contribution in [-0.4, -0.2) is 22.0 Å². The van der Waals surface area contributed by atoms with Crippen LogP contribution < -0.4 is 10.9 Å². The summed E-state index contributed by atoms with van der Waals surface area (Å²) in [5.74, 6) is -0.696. The lowest BCUT2D eigenvalue weighted by molar-refractivity contribution is 0.0924. The Bertz CT molecular complexity index is 698. The first kappa shape index (κ1) is 13.2. The fourth-order valence-electron chi connectivity index (χ4n) is 2.71. The maximum Gasteiger partial charge on any atom is 0.265 e. The maximum atomic E-state index is 12.2. The van der Waals surface area contributed by atoms with Gasteiger partial charge in [0.1, 0.15) is 5.56 Å². The molecule has 1 amide bonds.